The Morgan fingerprint density at radius 3 is 2.61 bits per heavy atom. The summed E-state index contributed by atoms with van der Waals surface area (Å²) in [4.78, 5) is 22.5. The molecule has 152 valence electrons. The van der Waals surface area contributed by atoms with Crippen molar-refractivity contribution in [3.05, 3.63) is 42.5 Å². The standard InChI is InChI=1S/C21H29N3O4/c25-20(26)11-7-2-1-6-10-16-17(19-13-12-18(16)28-19)14-22-24-21(27)23-15-8-4-3-5-9-15/h1,3-6,8-9,16-19,22H,2,7,10-14H2,(H,25,26)(H2,23,24,27)/b6-1-/t16-,17+,18+,19+/m1/s1. The number of rotatable bonds is 10. The van der Waals surface area contributed by atoms with E-state index in [1.807, 2.05) is 30.3 Å². The highest BCUT2D eigenvalue weighted by Crippen LogP contribution is 2.44. The van der Waals surface area contributed by atoms with Gasteiger partial charge in [0.05, 0.1) is 12.2 Å². The van der Waals surface area contributed by atoms with Crippen LogP contribution in [0.5, 0.6) is 0 Å². The third-order valence-electron chi connectivity index (χ3n) is 5.50. The molecule has 1 aromatic carbocycles. The normalized spacial score (nSPS) is 25.9. The lowest BCUT2D eigenvalue weighted by molar-refractivity contribution is -0.137. The van der Waals surface area contributed by atoms with Crippen LogP contribution >= 0.6 is 0 Å². The zero-order valence-corrected chi connectivity index (χ0v) is 16.0. The van der Waals surface area contributed by atoms with Gasteiger partial charge in [-0.15, -0.1) is 0 Å². The summed E-state index contributed by atoms with van der Waals surface area (Å²) in [5.74, 6) is 0.0465. The van der Waals surface area contributed by atoms with Crippen molar-refractivity contribution >= 4 is 17.7 Å². The van der Waals surface area contributed by atoms with Crippen LogP contribution in [0.2, 0.25) is 0 Å². The summed E-state index contributed by atoms with van der Waals surface area (Å²) in [6.07, 6.45) is 9.54. The number of carboxylic acid groups (broad SMARTS) is 1. The SMILES string of the molecule is O=C(O)CCC/C=C\C[C@@H]1[C@H](CNNC(=O)Nc2ccccc2)[C@@H]2CC[C@@H]1O2. The Hall–Kier alpha value is -2.38. The number of carbonyl (C=O) groups excluding carboxylic acids is 1. The van der Waals surface area contributed by atoms with E-state index in [9.17, 15) is 9.59 Å². The third-order valence-corrected chi connectivity index (χ3v) is 5.50. The van der Waals surface area contributed by atoms with E-state index in [4.69, 9.17) is 9.84 Å². The molecule has 3 rings (SSSR count). The zero-order valence-electron chi connectivity index (χ0n) is 16.0. The first kappa shape index (κ1) is 20.4. The Morgan fingerprint density at radius 2 is 1.86 bits per heavy atom. The number of hydrazine groups is 1. The first-order valence-corrected chi connectivity index (χ1v) is 10.0. The van der Waals surface area contributed by atoms with Gasteiger partial charge >= 0.3 is 12.0 Å². The summed E-state index contributed by atoms with van der Waals surface area (Å²) in [7, 11) is 0. The summed E-state index contributed by atoms with van der Waals surface area (Å²) in [5, 5.41) is 11.4. The minimum absolute atomic E-state index is 0.213. The van der Waals surface area contributed by atoms with Crippen LogP contribution in [0, 0.1) is 11.8 Å². The maximum atomic E-state index is 12.0. The van der Waals surface area contributed by atoms with Gasteiger partial charge in [-0.25, -0.2) is 10.2 Å². The molecule has 0 spiro atoms. The van der Waals surface area contributed by atoms with Gasteiger partial charge in [-0.2, -0.15) is 0 Å². The highest BCUT2D eigenvalue weighted by molar-refractivity contribution is 5.88. The second-order valence-electron chi connectivity index (χ2n) is 7.44. The number of ether oxygens (including phenoxy) is 1. The molecular weight excluding hydrogens is 358 g/mol. The summed E-state index contributed by atoms with van der Waals surface area (Å²) in [6, 6.07) is 9.03. The minimum Gasteiger partial charge on any atom is -0.481 e. The molecule has 2 bridgehead atoms. The number of amides is 2. The summed E-state index contributed by atoms with van der Waals surface area (Å²) in [6.45, 7) is 0.668. The molecule has 0 aliphatic carbocycles. The second-order valence-corrected chi connectivity index (χ2v) is 7.44. The van der Waals surface area contributed by atoms with Crippen molar-refractivity contribution < 1.29 is 19.4 Å². The number of urea groups is 1. The van der Waals surface area contributed by atoms with Gasteiger partial charge in [0.2, 0.25) is 0 Å². The third kappa shape index (κ3) is 5.81. The molecule has 28 heavy (non-hydrogen) atoms. The predicted molar refractivity (Wildman–Crippen MR) is 107 cm³/mol. The molecule has 0 aromatic heterocycles. The van der Waals surface area contributed by atoms with E-state index < -0.39 is 5.97 Å². The molecule has 7 nitrogen and oxygen atoms in total. The zero-order chi connectivity index (χ0) is 19.8. The first-order chi connectivity index (χ1) is 13.6. The Bertz CT molecular complexity index is 679. The number of hydrogen-bond donors (Lipinski definition) is 4. The Balaban J connectivity index is 1.40. The van der Waals surface area contributed by atoms with Crippen LogP contribution in [0.1, 0.15) is 38.5 Å². The van der Waals surface area contributed by atoms with Gasteiger partial charge in [0, 0.05) is 24.6 Å². The van der Waals surface area contributed by atoms with E-state index in [1.165, 1.54) is 0 Å². The largest absolute Gasteiger partial charge is 0.481 e. The van der Waals surface area contributed by atoms with Crippen LogP contribution < -0.4 is 16.2 Å². The maximum absolute atomic E-state index is 12.0. The van der Waals surface area contributed by atoms with Crippen molar-refractivity contribution in [3.63, 3.8) is 0 Å². The predicted octanol–water partition coefficient (Wildman–Crippen LogP) is 3.31. The van der Waals surface area contributed by atoms with Gasteiger partial charge in [0.25, 0.3) is 0 Å². The molecule has 1 aromatic rings. The number of fused-ring (bicyclic) bond motifs is 2. The van der Waals surface area contributed by atoms with E-state index in [1.54, 1.807) is 0 Å². The number of benzene rings is 1. The summed E-state index contributed by atoms with van der Waals surface area (Å²) < 4.78 is 6.08. The molecule has 2 heterocycles. The molecule has 0 radical (unpaired) electrons. The lowest BCUT2D eigenvalue weighted by Crippen LogP contribution is -2.45. The second kappa shape index (κ2) is 10.2. The van der Waals surface area contributed by atoms with Gasteiger partial charge < -0.3 is 15.2 Å². The molecular formula is C21H29N3O4. The number of unbranched alkanes of at least 4 members (excludes halogenated alkanes) is 1. The number of aliphatic carboxylic acids is 1. The fraction of sp³-hybridized carbons (Fsp3) is 0.524. The van der Waals surface area contributed by atoms with Crippen molar-refractivity contribution in [3.8, 4) is 0 Å². The van der Waals surface area contributed by atoms with Crippen molar-refractivity contribution in [2.24, 2.45) is 11.8 Å². The van der Waals surface area contributed by atoms with Crippen molar-refractivity contribution in [2.45, 2.75) is 50.7 Å². The van der Waals surface area contributed by atoms with Gasteiger partial charge in [-0.3, -0.25) is 10.2 Å². The van der Waals surface area contributed by atoms with Crippen molar-refractivity contribution in [2.75, 3.05) is 11.9 Å². The quantitative estimate of drug-likeness (QED) is 0.280. The van der Waals surface area contributed by atoms with Crippen LogP contribution in [0.3, 0.4) is 0 Å². The molecule has 2 saturated heterocycles. The number of carboxylic acids is 1. The average Bonchev–Trinajstić information content (AvgIpc) is 3.27. The molecule has 2 aliphatic rings. The molecule has 0 saturated carbocycles. The van der Waals surface area contributed by atoms with Crippen LogP contribution in [0.4, 0.5) is 10.5 Å². The lowest BCUT2D eigenvalue weighted by atomic mass is 9.77. The number of anilines is 1. The van der Waals surface area contributed by atoms with Crippen LogP contribution in [-0.4, -0.2) is 35.9 Å². The minimum atomic E-state index is -0.746. The number of carbonyl (C=O) groups is 2. The first-order valence-electron chi connectivity index (χ1n) is 10.0. The van der Waals surface area contributed by atoms with E-state index >= 15 is 0 Å². The highest BCUT2D eigenvalue weighted by Gasteiger charge is 2.47. The van der Waals surface area contributed by atoms with Gasteiger partial charge in [-0.05, 0) is 50.2 Å². The fourth-order valence-electron chi connectivity index (χ4n) is 4.16. The number of hydrogen-bond acceptors (Lipinski definition) is 4. The molecule has 2 amide bonds. The fourth-order valence-corrected chi connectivity index (χ4v) is 4.16. The van der Waals surface area contributed by atoms with Gasteiger partial charge in [-0.1, -0.05) is 30.4 Å². The van der Waals surface area contributed by atoms with Gasteiger partial charge in [0.15, 0.2) is 0 Å². The molecule has 0 unspecified atom stereocenters. The van der Waals surface area contributed by atoms with E-state index in [2.05, 4.69) is 28.3 Å². The van der Waals surface area contributed by atoms with Crippen LogP contribution in [0.15, 0.2) is 42.5 Å². The summed E-state index contributed by atoms with van der Waals surface area (Å²) >= 11 is 0. The topological polar surface area (TPSA) is 99.7 Å². The monoisotopic (exact) mass is 387 g/mol. The van der Waals surface area contributed by atoms with E-state index in [0.29, 0.717) is 30.9 Å². The summed E-state index contributed by atoms with van der Waals surface area (Å²) in [5.41, 5.74) is 6.50. The number of nitrogens with one attached hydrogen (secondary N) is 3. The highest BCUT2D eigenvalue weighted by atomic mass is 16.5. The maximum Gasteiger partial charge on any atom is 0.333 e. The number of allylic oxidation sites excluding steroid dienone is 2. The molecule has 2 aliphatic heterocycles. The Kier molecular flexibility index (Phi) is 7.45. The average molecular weight is 387 g/mol. The Morgan fingerprint density at radius 1 is 1.11 bits per heavy atom. The molecule has 4 atom stereocenters. The van der Waals surface area contributed by atoms with Crippen molar-refractivity contribution in [1.29, 1.82) is 0 Å². The Labute approximate surface area is 165 Å². The lowest BCUT2D eigenvalue weighted by Gasteiger charge is -2.27. The number of para-hydroxylation sites is 1. The van der Waals surface area contributed by atoms with Gasteiger partial charge in [0.1, 0.15) is 0 Å². The molecule has 4 N–H and O–H groups in total. The molecule has 7 heteroatoms. The van der Waals surface area contributed by atoms with Crippen molar-refractivity contribution in [1.82, 2.24) is 10.9 Å². The molecule has 2 fully saturated rings. The van der Waals surface area contributed by atoms with Crippen LogP contribution in [-0.2, 0) is 9.53 Å². The van der Waals surface area contributed by atoms with E-state index in [-0.39, 0.29) is 18.6 Å². The van der Waals surface area contributed by atoms with E-state index in [0.717, 1.165) is 31.4 Å². The van der Waals surface area contributed by atoms with Crippen LogP contribution in [0.25, 0.3) is 0 Å². The smallest absolute Gasteiger partial charge is 0.333 e.